The Morgan fingerprint density at radius 1 is 1.13 bits per heavy atom. The third-order valence-electron chi connectivity index (χ3n) is 5.93. The van der Waals surface area contributed by atoms with Crippen molar-refractivity contribution in [2.24, 2.45) is 0 Å². The number of H-pyrrole nitrogens is 1. The second-order valence-corrected chi connectivity index (χ2v) is 8.21. The molecule has 1 aromatic carbocycles. The third kappa shape index (κ3) is 4.15. The van der Waals surface area contributed by atoms with Crippen LogP contribution >= 0.6 is 0 Å². The molecule has 1 atom stereocenters. The first kappa shape index (κ1) is 20.7. The van der Waals surface area contributed by atoms with Gasteiger partial charge >= 0.3 is 0 Å². The maximum Gasteiger partial charge on any atom is 0.253 e. The van der Waals surface area contributed by atoms with E-state index in [0.717, 1.165) is 42.4 Å². The molecule has 1 fully saturated rings. The fraction of sp³-hybridized carbons (Fsp3) is 0.545. The molecule has 0 aliphatic carbocycles. The molecule has 0 spiro atoms. The Bertz CT molecular complexity index is 1070. The summed E-state index contributed by atoms with van der Waals surface area (Å²) in [6.07, 6.45) is 4.65. The summed E-state index contributed by atoms with van der Waals surface area (Å²) in [7, 11) is 1.66. The van der Waals surface area contributed by atoms with Gasteiger partial charge in [-0.3, -0.25) is 9.69 Å². The minimum absolute atomic E-state index is 0.0787. The predicted octanol–water partition coefficient (Wildman–Crippen LogP) is 2.74. The summed E-state index contributed by atoms with van der Waals surface area (Å²) in [6.45, 7) is 7.01. The van der Waals surface area contributed by atoms with E-state index in [0.29, 0.717) is 24.5 Å². The lowest BCUT2D eigenvalue weighted by Crippen LogP contribution is -2.36. The molecule has 3 heterocycles. The first-order valence-corrected chi connectivity index (χ1v) is 10.7. The van der Waals surface area contributed by atoms with Crippen LogP contribution in [0.2, 0.25) is 0 Å². The number of ether oxygens (including phenoxy) is 1. The lowest BCUT2D eigenvalue weighted by molar-refractivity contribution is 0.175. The Morgan fingerprint density at radius 3 is 2.63 bits per heavy atom. The Morgan fingerprint density at radius 2 is 1.90 bits per heavy atom. The summed E-state index contributed by atoms with van der Waals surface area (Å²) in [5.74, 6) is 0.697. The van der Waals surface area contributed by atoms with E-state index in [1.165, 1.54) is 18.4 Å². The van der Waals surface area contributed by atoms with Gasteiger partial charge in [-0.25, -0.2) is 4.68 Å². The van der Waals surface area contributed by atoms with Crippen LogP contribution in [0.3, 0.4) is 0 Å². The number of likely N-dealkylation sites (tertiary alicyclic amines) is 1. The highest BCUT2D eigenvalue weighted by atomic mass is 16.5. The smallest absolute Gasteiger partial charge is 0.253 e. The van der Waals surface area contributed by atoms with Crippen molar-refractivity contribution in [3.63, 3.8) is 0 Å². The van der Waals surface area contributed by atoms with E-state index in [4.69, 9.17) is 4.74 Å². The van der Waals surface area contributed by atoms with E-state index in [2.05, 4.69) is 44.5 Å². The zero-order chi connectivity index (χ0) is 21.1. The molecule has 0 bridgehead atoms. The van der Waals surface area contributed by atoms with Crippen LogP contribution in [0.4, 0.5) is 0 Å². The second-order valence-electron chi connectivity index (χ2n) is 8.21. The SMILES string of the molecule is COCCn1nnnc1[C@H](c1cc2cc(C)cc(C)c2[nH]c1=O)N1CCCCCC1. The number of nitrogens with zero attached hydrogens (tertiary/aromatic N) is 5. The minimum Gasteiger partial charge on any atom is -0.383 e. The van der Waals surface area contributed by atoms with E-state index in [1.807, 2.05) is 13.0 Å². The molecule has 1 aliphatic heterocycles. The summed E-state index contributed by atoms with van der Waals surface area (Å²) in [5.41, 5.74) is 3.76. The van der Waals surface area contributed by atoms with Gasteiger partial charge in [0, 0.05) is 12.7 Å². The van der Waals surface area contributed by atoms with Crippen LogP contribution in [0.25, 0.3) is 10.9 Å². The quantitative estimate of drug-likeness (QED) is 0.672. The number of hydrogen-bond acceptors (Lipinski definition) is 6. The van der Waals surface area contributed by atoms with Crippen LogP contribution in [0.5, 0.6) is 0 Å². The molecule has 0 radical (unpaired) electrons. The highest BCUT2D eigenvalue weighted by molar-refractivity contribution is 5.83. The molecular weight excluding hydrogens is 380 g/mol. The summed E-state index contributed by atoms with van der Waals surface area (Å²) in [5, 5.41) is 13.5. The van der Waals surface area contributed by atoms with Crippen LogP contribution < -0.4 is 5.56 Å². The van der Waals surface area contributed by atoms with Crippen LogP contribution in [0.15, 0.2) is 23.0 Å². The molecule has 4 rings (SSSR count). The zero-order valence-corrected chi connectivity index (χ0v) is 18.0. The molecule has 1 aliphatic rings. The minimum atomic E-state index is -0.288. The number of benzene rings is 1. The van der Waals surface area contributed by atoms with E-state index in [1.54, 1.807) is 11.8 Å². The number of rotatable bonds is 6. The van der Waals surface area contributed by atoms with Gasteiger partial charge < -0.3 is 9.72 Å². The number of fused-ring (bicyclic) bond motifs is 1. The zero-order valence-electron chi connectivity index (χ0n) is 18.0. The number of methoxy groups -OCH3 is 1. The molecule has 0 unspecified atom stereocenters. The number of aromatic amines is 1. The molecule has 3 aromatic rings. The standard InChI is InChI=1S/C22H30N6O2/c1-15-12-16(2)19-17(13-15)14-18(22(29)23-19)20(27-8-6-4-5-7-9-27)21-24-25-26-28(21)10-11-30-3/h12-14,20H,4-11H2,1-3H3,(H,23,29)/t20-/m0/s1. The highest BCUT2D eigenvalue weighted by Crippen LogP contribution is 2.29. The summed E-state index contributed by atoms with van der Waals surface area (Å²) in [6, 6.07) is 5.95. The first-order chi connectivity index (χ1) is 14.6. The Labute approximate surface area is 176 Å². The van der Waals surface area contributed by atoms with Gasteiger partial charge in [-0.2, -0.15) is 0 Å². The van der Waals surface area contributed by atoms with Gasteiger partial charge in [0.05, 0.1) is 18.7 Å². The van der Waals surface area contributed by atoms with E-state index < -0.39 is 0 Å². The van der Waals surface area contributed by atoms with Gasteiger partial charge in [0.2, 0.25) is 0 Å². The van der Waals surface area contributed by atoms with E-state index in [-0.39, 0.29) is 11.6 Å². The largest absolute Gasteiger partial charge is 0.383 e. The molecule has 8 heteroatoms. The highest BCUT2D eigenvalue weighted by Gasteiger charge is 2.30. The number of hydrogen-bond donors (Lipinski definition) is 1. The van der Waals surface area contributed by atoms with Crippen LogP contribution in [-0.4, -0.2) is 56.9 Å². The van der Waals surface area contributed by atoms with Crippen molar-refractivity contribution in [3.8, 4) is 0 Å². The molecular formula is C22H30N6O2. The van der Waals surface area contributed by atoms with Crippen LogP contribution in [0, 0.1) is 13.8 Å². The lowest BCUT2D eigenvalue weighted by atomic mass is 10.0. The number of aromatic nitrogens is 5. The summed E-state index contributed by atoms with van der Waals surface area (Å²) < 4.78 is 7.00. The van der Waals surface area contributed by atoms with Gasteiger partial charge in [0.25, 0.3) is 5.56 Å². The molecule has 1 saturated heterocycles. The summed E-state index contributed by atoms with van der Waals surface area (Å²) >= 11 is 0. The van der Waals surface area contributed by atoms with Gasteiger partial charge in [-0.15, -0.1) is 5.10 Å². The monoisotopic (exact) mass is 410 g/mol. The van der Waals surface area contributed by atoms with Gasteiger partial charge in [-0.1, -0.05) is 24.5 Å². The topological polar surface area (TPSA) is 88.9 Å². The Kier molecular flexibility index (Phi) is 6.24. The number of nitrogens with one attached hydrogen (secondary N) is 1. The Balaban J connectivity index is 1.86. The molecule has 160 valence electrons. The molecule has 1 N–H and O–H groups in total. The van der Waals surface area contributed by atoms with Crippen molar-refractivity contribution >= 4 is 10.9 Å². The molecule has 8 nitrogen and oxygen atoms in total. The van der Waals surface area contributed by atoms with Crippen molar-refractivity contribution in [1.29, 1.82) is 0 Å². The van der Waals surface area contributed by atoms with Crippen molar-refractivity contribution in [1.82, 2.24) is 30.1 Å². The summed E-state index contributed by atoms with van der Waals surface area (Å²) in [4.78, 5) is 18.8. The van der Waals surface area contributed by atoms with E-state index in [9.17, 15) is 4.79 Å². The number of tetrazole rings is 1. The third-order valence-corrected chi connectivity index (χ3v) is 5.93. The van der Waals surface area contributed by atoms with Crippen LogP contribution in [0.1, 0.15) is 54.2 Å². The first-order valence-electron chi connectivity index (χ1n) is 10.7. The molecule has 2 aromatic heterocycles. The average molecular weight is 411 g/mol. The van der Waals surface area contributed by atoms with Gasteiger partial charge in [0.1, 0.15) is 6.04 Å². The van der Waals surface area contributed by atoms with Crippen molar-refractivity contribution in [2.45, 2.75) is 52.1 Å². The predicted molar refractivity (Wildman–Crippen MR) is 116 cm³/mol. The molecule has 30 heavy (non-hydrogen) atoms. The Hall–Kier alpha value is -2.58. The molecule has 0 amide bonds. The average Bonchev–Trinajstić information content (AvgIpc) is 3.00. The molecule has 0 saturated carbocycles. The number of aryl methyl sites for hydroxylation is 2. The fourth-order valence-electron chi connectivity index (χ4n) is 4.50. The van der Waals surface area contributed by atoms with E-state index >= 15 is 0 Å². The number of pyridine rings is 1. The van der Waals surface area contributed by atoms with Crippen molar-refractivity contribution in [2.75, 3.05) is 26.8 Å². The van der Waals surface area contributed by atoms with Crippen LogP contribution in [-0.2, 0) is 11.3 Å². The maximum absolute atomic E-state index is 13.3. The van der Waals surface area contributed by atoms with Crippen molar-refractivity contribution < 1.29 is 4.74 Å². The lowest BCUT2D eigenvalue weighted by Gasteiger charge is -2.29. The van der Waals surface area contributed by atoms with Crippen molar-refractivity contribution in [3.05, 3.63) is 51.1 Å². The van der Waals surface area contributed by atoms with Gasteiger partial charge in [-0.05, 0) is 73.3 Å². The maximum atomic E-state index is 13.3. The normalized spacial score (nSPS) is 16.6. The second kappa shape index (κ2) is 9.06. The van der Waals surface area contributed by atoms with Gasteiger partial charge in [0.15, 0.2) is 5.82 Å². The fourth-order valence-corrected chi connectivity index (χ4v) is 4.50.